The number of hydrogen-bond acceptors (Lipinski definition) is 6. The molecule has 0 fully saturated rings. The van der Waals surface area contributed by atoms with Crippen molar-refractivity contribution in [3.05, 3.63) is 72.9 Å². The minimum atomic E-state index is -0.784. The minimum Gasteiger partial charge on any atom is -0.462 e. The maximum absolute atomic E-state index is 12.9. The molecule has 1 unspecified atom stereocenters. The predicted molar refractivity (Wildman–Crippen MR) is 335 cm³/mol. The molecule has 6 heteroatoms. The Morgan fingerprint density at radius 2 is 0.506 bits per heavy atom. The Labute approximate surface area is 478 Å². The SMILES string of the molecule is CC/C=C\C/C=C\C/C=C\CCCCCCCCCC(=O)OC(COC(=O)CCCCCCC/C=C\CCCCCC)COC(=O)CCCCCCCCCCCCCCCCCCC/C=C\C/C=C\CCCCCCC. The summed E-state index contributed by atoms with van der Waals surface area (Å²) in [5, 5.41) is 0. The van der Waals surface area contributed by atoms with Gasteiger partial charge in [0.1, 0.15) is 13.2 Å². The van der Waals surface area contributed by atoms with Gasteiger partial charge < -0.3 is 14.2 Å². The summed E-state index contributed by atoms with van der Waals surface area (Å²) >= 11 is 0. The van der Waals surface area contributed by atoms with Crippen molar-refractivity contribution in [1.29, 1.82) is 0 Å². The lowest BCUT2D eigenvalue weighted by Crippen LogP contribution is -2.30. The van der Waals surface area contributed by atoms with E-state index in [0.29, 0.717) is 19.3 Å². The van der Waals surface area contributed by atoms with Crippen LogP contribution in [0, 0.1) is 0 Å². The fourth-order valence-electron chi connectivity index (χ4n) is 9.66. The molecule has 446 valence electrons. The minimum absolute atomic E-state index is 0.0795. The molecule has 0 aliphatic rings. The van der Waals surface area contributed by atoms with Gasteiger partial charge in [-0.1, -0.05) is 286 Å². The predicted octanol–water partition coefficient (Wildman–Crippen LogP) is 22.9. The molecule has 0 saturated heterocycles. The van der Waals surface area contributed by atoms with Crippen LogP contribution >= 0.6 is 0 Å². The highest BCUT2D eigenvalue weighted by molar-refractivity contribution is 5.71. The number of unbranched alkanes of at least 4 members (excludes halogenated alkanes) is 38. The van der Waals surface area contributed by atoms with E-state index in [9.17, 15) is 14.4 Å². The van der Waals surface area contributed by atoms with Crippen LogP contribution in [0.1, 0.15) is 342 Å². The molecule has 0 heterocycles. The van der Waals surface area contributed by atoms with E-state index in [4.69, 9.17) is 14.2 Å². The van der Waals surface area contributed by atoms with E-state index >= 15 is 0 Å². The number of carbonyl (C=O) groups is 3. The molecule has 0 N–H and O–H groups in total. The van der Waals surface area contributed by atoms with Gasteiger partial charge in [0.05, 0.1) is 0 Å². The zero-order valence-electron chi connectivity index (χ0n) is 51.2. The maximum atomic E-state index is 12.9. The third-order valence-corrected chi connectivity index (χ3v) is 14.7. The van der Waals surface area contributed by atoms with Crippen LogP contribution in [0.5, 0.6) is 0 Å². The average Bonchev–Trinajstić information content (AvgIpc) is 3.43. The Morgan fingerprint density at radius 1 is 0.273 bits per heavy atom. The molecule has 0 aromatic carbocycles. The van der Waals surface area contributed by atoms with Gasteiger partial charge in [-0.15, -0.1) is 0 Å². The molecule has 0 aliphatic heterocycles. The second kappa shape index (κ2) is 65.4. The Balaban J connectivity index is 4.21. The summed E-state index contributed by atoms with van der Waals surface area (Å²) in [5.74, 6) is -0.883. The van der Waals surface area contributed by atoms with E-state index in [0.717, 1.165) is 96.3 Å². The van der Waals surface area contributed by atoms with Crippen molar-refractivity contribution in [3.8, 4) is 0 Å². The van der Waals surface area contributed by atoms with Crippen molar-refractivity contribution in [2.24, 2.45) is 0 Å². The first-order valence-electron chi connectivity index (χ1n) is 33.4. The smallest absolute Gasteiger partial charge is 0.306 e. The van der Waals surface area contributed by atoms with E-state index in [1.165, 1.54) is 205 Å². The molecule has 77 heavy (non-hydrogen) atoms. The Hall–Kier alpha value is -3.15. The fourth-order valence-corrected chi connectivity index (χ4v) is 9.66. The largest absolute Gasteiger partial charge is 0.462 e. The molecule has 0 aromatic rings. The van der Waals surface area contributed by atoms with Crippen molar-refractivity contribution in [3.63, 3.8) is 0 Å². The highest BCUT2D eigenvalue weighted by atomic mass is 16.6. The molecule has 6 nitrogen and oxygen atoms in total. The first kappa shape index (κ1) is 73.8. The summed E-state index contributed by atoms with van der Waals surface area (Å²) in [6.45, 7) is 6.53. The fraction of sp³-hybridized carbons (Fsp3) is 0.789. The Kier molecular flexibility index (Phi) is 62.7. The van der Waals surface area contributed by atoms with Gasteiger partial charge in [-0.25, -0.2) is 0 Å². The van der Waals surface area contributed by atoms with Gasteiger partial charge >= 0.3 is 17.9 Å². The molecule has 0 rings (SSSR count). The molecule has 1 atom stereocenters. The van der Waals surface area contributed by atoms with Crippen molar-refractivity contribution in [2.75, 3.05) is 13.2 Å². The molecule has 0 bridgehead atoms. The number of carbonyl (C=O) groups excluding carboxylic acids is 3. The van der Waals surface area contributed by atoms with Crippen LogP contribution in [0.4, 0.5) is 0 Å². The summed E-state index contributed by atoms with van der Waals surface area (Å²) in [6.07, 6.45) is 85.0. The van der Waals surface area contributed by atoms with E-state index < -0.39 is 6.10 Å². The molecule has 0 amide bonds. The highest BCUT2D eigenvalue weighted by Gasteiger charge is 2.19. The first-order chi connectivity index (χ1) is 38.0. The summed E-state index contributed by atoms with van der Waals surface area (Å²) in [5.41, 5.74) is 0. The van der Waals surface area contributed by atoms with Crippen LogP contribution in [0.3, 0.4) is 0 Å². The zero-order valence-corrected chi connectivity index (χ0v) is 51.2. The van der Waals surface area contributed by atoms with Crippen LogP contribution in [0.2, 0.25) is 0 Å². The molecule has 0 aromatic heterocycles. The van der Waals surface area contributed by atoms with Gasteiger partial charge in [-0.05, 0) is 109 Å². The van der Waals surface area contributed by atoms with Crippen molar-refractivity contribution in [1.82, 2.24) is 0 Å². The normalized spacial score (nSPS) is 12.5. The molecule has 0 saturated carbocycles. The van der Waals surface area contributed by atoms with Crippen LogP contribution in [-0.4, -0.2) is 37.2 Å². The van der Waals surface area contributed by atoms with Gasteiger partial charge in [0, 0.05) is 19.3 Å². The van der Waals surface area contributed by atoms with Crippen LogP contribution < -0.4 is 0 Å². The van der Waals surface area contributed by atoms with Gasteiger partial charge in [-0.3, -0.25) is 14.4 Å². The zero-order chi connectivity index (χ0) is 55.7. The second-order valence-electron chi connectivity index (χ2n) is 22.3. The molecular formula is C71H126O6. The summed E-state index contributed by atoms with van der Waals surface area (Å²) in [6, 6.07) is 0. The van der Waals surface area contributed by atoms with E-state index in [1.807, 2.05) is 0 Å². The lowest BCUT2D eigenvalue weighted by Gasteiger charge is -2.18. The standard InChI is InChI=1S/C71H126O6/c1-4-7-10-13-16-19-22-25-27-29-30-31-32-33-34-35-36-37-38-39-40-42-43-46-49-52-55-58-61-64-70(73)76-67-68(66-75-69(72)63-60-57-54-51-48-45-24-21-18-15-12-9-6-3)77-71(74)65-62-59-56-53-50-47-44-41-28-26-23-20-17-14-11-8-5-2/h8,11,17,20-22,24-26,28-30,68H,4-7,9-10,12-16,18-19,23,27,31-67H2,1-3H3/b11-8-,20-17-,24-21-,25-22-,28-26-,30-29-. The number of ether oxygens (including phenoxy) is 3. The average molecular weight is 1080 g/mol. The topological polar surface area (TPSA) is 78.9 Å². The number of rotatable bonds is 61. The maximum Gasteiger partial charge on any atom is 0.306 e. The number of esters is 3. The van der Waals surface area contributed by atoms with E-state index in [2.05, 4.69) is 93.7 Å². The lowest BCUT2D eigenvalue weighted by atomic mass is 10.0. The summed E-state index contributed by atoms with van der Waals surface area (Å²) in [7, 11) is 0. The Bertz CT molecular complexity index is 1420. The number of hydrogen-bond donors (Lipinski definition) is 0. The van der Waals surface area contributed by atoms with Crippen molar-refractivity contribution < 1.29 is 28.6 Å². The molecule has 0 spiro atoms. The van der Waals surface area contributed by atoms with Gasteiger partial charge in [0.2, 0.25) is 0 Å². The van der Waals surface area contributed by atoms with Crippen molar-refractivity contribution in [2.45, 2.75) is 348 Å². The van der Waals surface area contributed by atoms with Crippen LogP contribution in [0.15, 0.2) is 72.9 Å². The lowest BCUT2D eigenvalue weighted by molar-refractivity contribution is -0.167. The Morgan fingerprint density at radius 3 is 0.818 bits per heavy atom. The quantitative estimate of drug-likeness (QED) is 0.0261. The summed E-state index contributed by atoms with van der Waals surface area (Å²) in [4.78, 5) is 38.3. The molecular weight excluding hydrogens is 949 g/mol. The third kappa shape index (κ3) is 63.6. The van der Waals surface area contributed by atoms with Gasteiger partial charge in [0.25, 0.3) is 0 Å². The van der Waals surface area contributed by atoms with Crippen molar-refractivity contribution >= 4 is 17.9 Å². The second-order valence-corrected chi connectivity index (χ2v) is 22.3. The third-order valence-electron chi connectivity index (χ3n) is 14.7. The van der Waals surface area contributed by atoms with Gasteiger partial charge in [-0.2, -0.15) is 0 Å². The number of allylic oxidation sites excluding steroid dienone is 12. The monoisotopic (exact) mass is 1070 g/mol. The van der Waals surface area contributed by atoms with Gasteiger partial charge in [0.15, 0.2) is 6.10 Å². The van der Waals surface area contributed by atoms with Crippen LogP contribution in [0.25, 0.3) is 0 Å². The van der Waals surface area contributed by atoms with Crippen LogP contribution in [-0.2, 0) is 28.6 Å². The molecule has 0 aliphatic carbocycles. The van der Waals surface area contributed by atoms with E-state index in [-0.39, 0.29) is 31.1 Å². The first-order valence-corrected chi connectivity index (χ1v) is 33.4. The van der Waals surface area contributed by atoms with E-state index in [1.54, 1.807) is 0 Å². The molecule has 0 radical (unpaired) electrons. The highest BCUT2D eigenvalue weighted by Crippen LogP contribution is 2.17. The summed E-state index contributed by atoms with van der Waals surface area (Å²) < 4.78 is 16.9.